The van der Waals surface area contributed by atoms with Crippen LogP contribution >= 0.6 is 0 Å². The molecule has 0 aliphatic rings. The van der Waals surface area contributed by atoms with E-state index in [0.717, 1.165) is 18.2 Å². The summed E-state index contributed by atoms with van der Waals surface area (Å²) in [6, 6.07) is 17.1. The van der Waals surface area contributed by atoms with Crippen LogP contribution in [-0.4, -0.2) is 38.0 Å². The Balaban J connectivity index is 2.02. The van der Waals surface area contributed by atoms with Gasteiger partial charge >= 0.3 is 0 Å². The van der Waals surface area contributed by atoms with Crippen molar-refractivity contribution in [2.45, 2.75) is 6.42 Å². The minimum Gasteiger partial charge on any atom is -0.368 e. The van der Waals surface area contributed by atoms with Gasteiger partial charge in [0.15, 0.2) is 0 Å². The van der Waals surface area contributed by atoms with Crippen molar-refractivity contribution in [3.05, 3.63) is 71.3 Å². The molecule has 132 valence electrons. The monoisotopic (exact) mass is 360 g/mol. The molecule has 0 spiro atoms. The lowest BCUT2D eigenvalue weighted by Gasteiger charge is -2.11. The summed E-state index contributed by atoms with van der Waals surface area (Å²) in [4.78, 5) is 12.1. The van der Waals surface area contributed by atoms with E-state index in [9.17, 15) is 13.2 Å². The van der Waals surface area contributed by atoms with Gasteiger partial charge in [0.2, 0.25) is 16.0 Å². The van der Waals surface area contributed by atoms with Gasteiger partial charge in [-0.1, -0.05) is 42.5 Å². The Kier molecular flexibility index (Phi) is 5.76. The van der Waals surface area contributed by atoms with E-state index < -0.39 is 15.9 Å². The van der Waals surface area contributed by atoms with E-state index in [4.69, 9.17) is 5.73 Å². The number of nitrogens with one attached hydrogen (secondary N) is 1. The molecule has 0 fully saturated rings. The molecule has 8 heteroatoms. The molecule has 0 aromatic heterocycles. The number of nitrogens with two attached hydrogens (primary N) is 1. The maximum absolute atomic E-state index is 12.1. The quantitative estimate of drug-likeness (QED) is 0.474. The molecule has 25 heavy (non-hydrogen) atoms. The SMILES string of the molecule is CN(/N=C(\N)NC(=O)c1ccc(Cc2ccccc2)cc1)S(C)(=O)=O. The largest absolute Gasteiger partial charge is 0.368 e. The predicted octanol–water partition coefficient (Wildman–Crippen LogP) is 1.13. The Hall–Kier alpha value is -2.87. The molecular weight excluding hydrogens is 340 g/mol. The Morgan fingerprint density at radius 3 is 2.20 bits per heavy atom. The highest BCUT2D eigenvalue weighted by atomic mass is 32.2. The maximum atomic E-state index is 12.1. The van der Waals surface area contributed by atoms with E-state index in [1.165, 1.54) is 12.6 Å². The zero-order valence-electron chi connectivity index (χ0n) is 14.0. The zero-order chi connectivity index (χ0) is 18.4. The van der Waals surface area contributed by atoms with Crippen LogP contribution in [0.1, 0.15) is 21.5 Å². The fourth-order valence-electron chi connectivity index (χ4n) is 2.04. The molecule has 0 bridgehead atoms. The molecule has 0 saturated heterocycles. The molecule has 2 rings (SSSR count). The van der Waals surface area contributed by atoms with Crippen LogP contribution in [0.25, 0.3) is 0 Å². The molecule has 0 saturated carbocycles. The van der Waals surface area contributed by atoms with E-state index in [2.05, 4.69) is 10.4 Å². The van der Waals surface area contributed by atoms with E-state index in [0.29, 0.717) is 9.98 Å². The second-order valence-electron chi connectivity index (χ2n) is 5.50. The van der Waals surface area contributed by atoms with Crippen LogP contribution in [-0.2, 0) is 16.4 Å². The molecule has 7 nitrogen and oxygen atoms in total. The number of nitrogens with zero attached hydrogens (tertiary/aromatic N) is 2. The van der Waals surface area contributed by atoms with Crippen molar-refractivity contribution in [1.82, 2.24) is 9.73 Å². The molecule has 0 radical (unpaired) electrons. The summed E-state index contributed by atoms with van der Waals surface area (Å²) in [6.07, 6.45) is 1.75. The van der Waals surface area contributed by atoms with Gasteiger partial charge in [-0.3, -0.25) is 10.1 Å². The molecule has 2 aromatic rings. The van der Waals surface area contributed by atoms with Crippen molar-refractivity contribution in [3.63, 3.8) is 0 Å². The number of carbonyl (C=O) groups excluding carboxylic acids is 1. The molecule has 0 heterocycles. The lowest BCUT2D eigenvalue weighted by Crippen LogP contribution is -2.39. The first kappa shape index (κ1) is 18.5. The van der Waals surface area contributed by atoms with Gasteiger partial charge in [0, 0.05) is 12.6 Å². The van der Waals surface area contributed by atoms with Crippen LogP contribution in [0.5, 0.6) is 0 Å². The molecular formula is C17H20N4O3S. The molecule has 0 atom stereocenters. The number of amides is 1. The first-order chi connectivity index (χ1) is 11.8. The summed E-state index contributed by atoms with van der Waals surface area (Å²) in [6.45, 7) is 0. The van der Waals surface area contributed by atoms with Crippen molar-refractivity contribution in [2.24, 2.45) is 10.8 Å². The highest BCUT2D eigenvalue weighted by Crippen LogP contribution is 2.10. The average molecular weight is 360 g/mol. The Morgan fingerprint density at radius 1 is 1.08 bits per heavy atom. The third-order valence-electron chi connectivity index (χ3n) is 3.44. The van der Waals surface area contributed by atoms with Gasteiger partial charge in [-0.2, -0.15) is 4.41 Å². The molecule has 0 aliphatic carbocycles. The van der Waals surface area contributed by atoms with E-state index in [1.54, 1.807) is 12.1 Å². The summed E-state index contributed by atoms with van der Waals surface area (Å²) in [7, 11) is -2.29. The van der Waals surface area contributed by atoms with E-state index in [1.807, 2.05) is 42.5 Å². The Bertz CT molecular complexity index is 863. The van der Waals surface area contributed by atoms with Gasteiger partial charge in [0.25, 0.3) is 5.91 Å². The molecule has 3 N–H and O–H groups in total. The topological polar surface area (TPSA) is 105 Å². The molecule has 0 unspecified atom stereocenters. The Morgan fingerprint density at radius 2 is 1.64 bits per heavy atom. The van der Waals surface area contributed by atoms with Gasteiger partial charge < -0.3 is 5.73 Å². The number of hydrogen-bond acceptors (Lipinski definition) is 4. The smallest absolute Gasteiger partial charge is 0.257 e. The summed E-state index contributed by atoms with van der Waals surface area (Å²) in [5.41, 5.74) is 8.20. The van der Waals surface area contributed by atoms with Gasteiger partial charge in [0.05, 0.1) is 6.26 Å². The number of carbonyl (C=O) groups is 1. The number of guanidine groups is 1. The van der Waals surface area contributed by atoms with Crippen molar-refractivity contribution in [3.8, 4) is 0 Å². The normalized spacial score (nSPS) is 11.8. The van der Waals surface area contributed by atoms with Crippen molar-refractivity contribution < 1.29 is 13.2 Å². The standard InChI is InChI=1S/C17H20N4O3S/c1-21(25(2,23)24)20-17(18)19-16(22)15-10-8-14(9-11-15)12-13-6-4-3-5-7-13/h3-11H,12H2,1-2H3,(H3,18,19,20,22). The summed E-state index contributed by atoms with van der Waals surface area (Å²) in [5.74, 6) is -0.763. The fraction of sp³-hybridized carbons (Fsp3) is 0.176. The van der Waals surface area contributed by atoms with Gasteiger partial charge in [-0.15, -0.1) is 5.10 Å². The first-order valence-electron chi connectivity index (χ1n) is 7.48. The maximum Gasteiger partial charge on any atom is 0.257 e. The summed E-state index contributed by atoms with van der Waals surface area (Å²) in [5, 5.41) is 5.95. The van der Waals surface area contributed by atoms with Crippen LogP contribution in [0.4, 0.5) is 0 Å². The predicted molar refractivity (Wildman–Crippen MR) is 97.4 cm³/mol. The van der Waals surface area contributed by atoms with Crippen LogP contribution in [0.15, 0.2) is 59.7 Å². The molecule has 1 amide bonds. The zero-order valence-corrected chi connectivity index (χ0v) is 14.8. The fourth-order valence-corrected chi connectivity index (χ4v) is 2.28. The van der Waals surface area contributed by atoms with E-state index in [-0.39, 0.29) is 5.96 Å². The van der Waals surface area contributed by atoms with Gasteiger partial charge in [0.1, 0.15) is 0 Å². The van der Waals surface area contributed by atoms with Crippen LogP contribution in [0.2, 0.25) is 0 Å². The number of hydrazone groups is 1. The van der Waals surface area contributed by atoms with Gasteiger partial charge in [-0.05, 0) is 29.7 Å². The highest BCUT2D eigenvalue weighted by molar-refractivity contribution is 7.88. The number of rotatable bonds is 5. The van der Waals surface area contributed by atoms with Crippen molar-refractivity contribution >= 4 is 21.9 Å². The number of sulfonamides is 1. The third-order valence-corrected chi connectivity index (χ3v) is 4.48. The van der Waals surface area contributed by atoms with Gasteiger partial charge in [-0.25, -0.2) is 8.42 Å². The van der Waals surface area contributed by atoms with Crippen LogP contribution < -0.4 is 11.1 Å². The minimum atomic E-state index is -3.52. The lowest BCUT2D eigenvalue weighted by atomic mass is 10.0. The number of hydrogen-bond donors (Lipinski definition) is 2. The average Bonchev–Trinajstić information content (AvgIpc) is 2.55. The highest BCUT2D eigenvalue weighted by Gasteiger charge is 2.11. The molecule has 0 aliphatic heterocycles. The molecule has 2 aromatic carbocycles. The van der Waals surface area contributed by atoms with Crippen molar-refractivity contribution in [2.75, 3.05) is 13.3 Å². The van der Waals surface area contributed by atoms with Crippen LogP contribution in [0.3, 0.4) is 0 Å². The number of benzene rings is 2. The summed E-state index contributed by atoms with van der Waals surface area (Å²) >= 11 is 0. The minimum absolute atomic E-state index is 0.300. The Labute approximate surface area is 147 Å². The van der Waals surface area contributed by atoms with Crippen molar-refractivity contribution in [1.29, 1.82) is 0 Å². The van der Waals surface area contributed by atoms with E-state index >= 15 is 0 Å². The third kappa shape index (κ3) is 5.61. The van der Waals surface area contributed by atoms with Crippen LogP contribution in [0, 0.1) is 0 Å². The second-order valence-corrected chi connectivity index (χ2v) is 7.49. The summed E-state index contributed by atoms with van der Waals surface area (Å²) < 4.78 is 23.2. The lowest BCUT2D eigenvalue weighted by molar-refractivity contribution is 0.0976. The first-order valence-corrected chi connectivity index (χ1v) is 9.33. The second kappa shape index (κ2) is 7.80.